The van der Waals surface area contributed by atoms with E-state index in [4.69, 9.17) is 10.5 Å². The van der Waals surface area contributed by atoms with E-state index in [0.29, 0.717) is 6.54 Å². The number of ether oxygens (including phenoxy) is 1. The minimum Gasteiger partial charge on any atom is -0.497 e. The Kier molecular flexibility index (Phi) is 3.87. The Morgan fingerprint density at radius 2 is 2.33 bits per heavy atom. The summed E-state index contributed by atoms with van der Waals surface area (Å²) >= 11 is 1.56. The van der Waals surface area contributed by atoms with Crippen LogP contribution in [0.5, 0.6) is 5.75 Å². The first-order valence-corrected chi connectivity index (χ1v) is 8.05. The van der Waals surface area contributed by atoms with Crippen LogP contribution in [0.4, 0.5) is 0 Å². The topological polar surface area (TPSA) is 55.6 Å². The minimum absolute atomic E-state index is 0.126. The van der Waals surface area contributed by atoms with Crippen molar-refractivity contribution in [2.75, 3.05) is 20.2 Å². The van der Waals surface area contributed by atoms with Gasteiger partial charge in [0, 0.05) is 23.8 Å². The maximum Gasteiger partial charge on any atom is 0.264 e. The van der Waals surface area contributed by atoms with Crippen LogP contribution in [0, 0.1) is 6.92 Å². The summed E-state index contributed by atoms with van der Waals surface area (Å²) in [4.78, 5) is 15.6. The molecule has 21 heavy (non-hydrogen) atoms. The van der Waals surface area contributed by atoms with Crippen molar-refractivity contribution >= 4 is 27.3 Å². The van der Waals surface area contributed by atoms with Gasteiger partial charge in [-0.25, -0.2) is 0 Å². The van der Waals surface area contributed by atoms with Gasteiger partial charge < -0.3 is 15.4 Å². The molecule has 1 aromatic heterocycles. The first-order chi connectivity index (χ1) is 10.2. The zero-order valence-corrected chi connectivity index (χ0v) is 13.2. The highest BCUT2D eigenvalue weighted by Crippen LogP contribution is 2.35. The number of fused-ring (bicyclic) bond motifs is 1. The summed E-state index contributed by atoms with van der Waals surface area (Å²) in [5.41, 5.74) is 6.83. The zero-order valence-electron chi connectivity index (χ0n) is 12.4. The Bertz CT molecular complexity index is 680. The van der Waals surface area contributed by atoms with Crippen molar-refractivity contribution in [3.05, 3.63) is 28.6 Å². The van der Waals surface area contributed by atoms with Gasteiger partial charge in [0.05, 0.1) is 12.0 Å². The van der Waals surface area contributed by atoms with Crippen molar-refractivity contribution in [3.63, 3.8) is 0 Å². The van der Waals surface area contributed by atoms with E-state index in [2.05, 4.69) is 0 Å². The second-order valence-corrected chi connectivity index (χ2v) is 6.50. The van der Waals surface area contributed by atoms with Crippen molar-refractivity contribution in [2.45, 2.75) is 25.8 Å². The lowest BCUT2D eigenvalue weighted by Gasteiger charge is -2.23. The van der Waals surface area contributed by atoms with E-state index in [1.54, 1.807) is 18.4 Å². The van der Waals surface area contributed by atoms with Crippen LogP contribution in [-0.2, 0) is 0 Å². The normalized spacial score (nSPS) is 18.4. The van der Waals surface area contributed by atoms with Gasteiger partial charge in [0.15, 0.2) is 0 Å². The van der Waals surface area contributed by atoms with E-state index in [9.17, 15) is 4.79 Å². The van der Waals surface area contributed by atoms with E-state index in [0.717, 1.165) is 45.7 Å². The Morgan fingerprint density at radius 1 is 1.52 bits per heavy atom. The number of carbonyl (C=O) groups excluding carboxylic acids is 1. The van der Waals surface area contributed by atoms with Gasteiger partial charge >= 0.3 is 0 Å². The number of likely N-dealkylation sites (tertiary alicyclic amines) is 1. The average molecular weight is 304 g/mol. The van der Waals surface area contributed by atoms with Gasteiger partial charge in [0.2, 0.25) is 0 Å². The zero-order chi connectivity index (χ0) is 15.0. The standard InChI is InChI=1S/C16H20N2O2S/c1-10-13-8-12(20-2)5-6-14(13)21-15(10)16(19)18-7-3-4-11(18)9-17/h5-6,8,11H,3-4,7,9,17H2,1-2H3/t11-/m1/s1. The van der Waals surface area contributed by atoms with E-state index >= 15 is 0 Å². The highest BCUT2D eigenvalue weighted by molar-refractivity contribution is 7.21. The average Bonchev–Trinajstić information content (AvgIpc) is 3.11. The third-order valence-electron chi connectivity index (χ3n) is 4.25. The van der Waals surface area contributed by atoms with Crippen molar-refractivity contribution in [1.29, 1.82) is 0 Å². The molecule has 1 amide bonds. The van der Waals surface area contributed by atoms with E-state index in [1.807, 2.05) is 30.0 Å². The SMILES string of the molecule is COc1ccc2sc(C(=O)N3CCC[C@@H]3CN)c(C)c2c1. The van der Waals surface area contributed by atoms with Crippen LogP contribution in [0.25, 0.3) is 10.1 Å². The summed E-state index contributed by atoms with van der Waals surface area (Å²) < 4.78 is 6.40. The molecule has 1 aliphatic heterocycles. The Balaban J connectivity index is 2.00. The third-order valence-corrected chi connectivity index (χ3v) is 5.51. The lowest BCUT2D eigenvalue weighted by atomic mass is 10.1. The lowest BCUT2D eigenvalue weighted by Crippen LogP contribution is -2.39. The molecule has 1 aromatic carbocycles. The Labute approximate surface area is 128 Å². The summed E-state index contributed by atoms with van der Waals surface area (Å²) in [6, 6.07) is 6.15. The predicted molar refractivity (Wildman–Crippen MR) is 86.2 cm³/mol. The van der Waals surface area contributed by atoms with Crippen molar-refractivity contribution in [3.8, 4) is 5.75 Å². The van der Waals surface area contributed by atoms with Gasteiger partial charge in [-0.15, -0.1) is 11.3 Å². The molecule has 1 saturated heterocycles. The molecule has 2 aromatic rings. The van der Waals surface area contributed by atoms with Gasteiger partial charge in [0.25, 0.3) is 5.91 Å². The van der Waals surface area contributed by atoms with Crippen molar-refractivity contribution in [2.24, 2.45) is 5.73 Å². The van der Waals surface area contributed by atoms with Gasteiger partial charge in [-0.1, -0.05) is 0 Å². The summed E-state index contributed by atoms with van der Waals surface area (Å²) in [6.07, 6.45) is 2.06. The first-order valence-electron chi connectivity index (χ1n) is 7.24. The summed E-state index contributed by atoms with van der Waals surface area (Å²) in [7, 11) is 1.66. The molecule has 0 aliphatic carbocycles. The van der Waals surface area contributed by atoms with Crippen LogP contribution in [-0.4, -0.2) is 37.0 Å². The number of rotatable bonds is 3. The van der Waals surface area contributed by atoms with Crippen LogP contribution in [0.3, 0.4) is 0 Å². The predicted octanol–water partition coefficient (Wildman–Crippen LogP) is 2.78. The molecule has 0 radical (unpaired) electrons. The van der Waals surface area contributed by atoms with E-state index in [-0.39, 0.29) is 11.9 Å². The third kappa shape index (κ3) is 2.40. The molecular weight excluding hydrogens is 284 g/mol. The smallest absolute Gasteiger partial charge is 0.264 e. The minimum atomic E-state index is 0.126. The number of amides is 1. The van der Waals surface area contributed by atoms with E-state index < -0.39 is 0 Å². The maximum absolute atomic E-state index is 12.8. The van der Waals surface area contributed by atoms with Crippen LogP contribution in [0.2, 0.25) is 0 Å². The second-order valence-electron chi connectivity index (χ2n) is 5.45. The molecule has 1 atom stereocenters. The van der Waals surface area contributed by atoms with Crippen LogP contribution < -0.4 is 10.5 Å². The number of nitrogens with zero attached hydrogens (tertiary/aromatic N) is 1. The molecular formula is C16H20N2O2S. The molecule has 3 rings (SSSR count). The molecule has 4 nitrogen and oxygen atoms in total. The molecule has 1 fully saturated rings. The van der Waals surface area contributed by atoms with Crippen molar-refractivity contribution in [1.82, 2.24) is 4.90 Å². The molecule has 1 aliphatic rings. The van der Waals surface area contributed by atoms with Crippen LogP contribution in [0.15, 0.2) is 18.2 Å². The van der Waals surface area contributed by atoms with Gasteiger partial charge in [0.1, 0.15) is 5.75 Å². The molecule has 0 spiro atoms. The quantitative estimate of drug-likeness (QED) is 0.948. The molecule has 2 N–H and O–H groups in total. The Hall–Kier alpha value is -1.59. The summed E-state index contributed by atoms with van der Waals surface area (Å²) in [5, 5.41) is 1.10. The van der Waals surface area contributed by atoms with Gasteiger partial charge in [-0.2, -0.15) is 0 Å². The van der Waals surface area contributed by atoms with Crippen molar-refractivity contribution < 1.29 is 9.53 Å². The van der Waals surface area contributed by atoms with E-state index in [1.165, 1.54) is 0 Å². The fourth-order valence-electron chi connectivity index (χ4n) is 3.01. The number of benzene rings is 1. The first kappa shape index (κ1) is 14.4. The largest absolute Gasteiger partial charge is 0.497 e. The number of hydrogen-bond donors (Lipinski definition) is 1. The number of carbonyl (C=O) groups is 1. The van der Waals surface area contributed by atoms with Gasteiger partial charge in [-0.3, -0.25) is 4.79 Å². The van der Waals surface area contributed by atoms with Crippen LogP contribution in [0.1, 0.15) is 28.1 Å². The fourth-order valence-corrected chi connectivity index (χ4v) is 4.16. The molecule has 112 valence electrons. The molecule has 5 heteroatoms. The number of thiophene rings is 1. The number of methoxy groups -OCH3 is 1. The molecule has 2 heterocycles. The monoisotopic (exact) mass is 304 g/mol. The highest BCUT2D eigenvalue weighted by Gasteiger charge is 2.30. The number of hydrogen-bond acceptors (Lipinski definition) is 4. The molecule has 0 bridgehead atoms. The number of aryl methyl sites for hydroxylation is 1. The highest BCUT2D eigenvalue weighted by atomic mass is 32.1. The lowest BCUT2D eigenvalue weighted by molar-refractivity contribution is 0.0745. The molecule has 0 saturated carbocycles. The van der Waals surface area contributed by atoms with Crippen LogP contribution >= 0.6 is 11.3 Å². The second kappa shape index (κ2) is 5.66. The Morgan fingerprint density at radius 3 is 3.05 bits per heavy atom. The maximum atomic E-state index is 12.8. The number of nitrogens with two attached hydrogens (primary N) is 1. The van der Waals surface area contributed by atoms with Gasteiger partial charge in [-0.05, 0) is 48.9 Å². The summed E-state index contributed by atoms with van der Waals surface area (Å²) in [6.45, 7) is 3.38. The molecule has 0 unspecified atom stereocenters. The summed E-state index contributed by atoms with van der Waals surface area (Å²) in [5.74, 6) is 0.948. The fraction of sp³-hybridized carbons (Fsp3) is 0.438.